The lowest BCUT2D eigenvalue weighted by atomic mass is 10.1. The number of benzene rings is 1. The summed E-state index contributed by atoms with van der Waals surface area (Å²) in [4.78, 5) is 20.0. The van der Waals surface area contributed by atoms with Crippen LogP contribution in [0.15, 0.2) is 61.2 Å². The maximum absolute atomic E-state index is 12.1. The molecule has 0 aliphatic carbocycles. The minimum atomic E-state index is -0.310. The number of hydrogen-bond acceptors (Lipinski definition) is 4. The molecular weight excluding hydrogens is 278 g/mol. The molecule has 1 amide bonds. The van der Waals surface area contributed by atoms with Crippen LogP contribution < -0.4 is 10.9 Å². The Morgan fingerprint density at radius 2 is 2.05 bits per heavy atom. The molecule has 1 atom stereocenters. The summed E-state index contributed by atoms with van der Waals surface area (Å²) in [5, 5.41) is 0. The fraction of sp³-hybridized carbons (Fsp3) is 0.0625. The molecule has 2 N–H and O–H groups in total. The summed E-state index contributed by atoms with van der Waals surface area (Å²) in [6, 6.07) is 12.0. The number of aromatic nitrogens is 3. The Labute approximate surface area is 126 Å². The third-order valence-electron chi connectivity index (χ3n) is 3.71. The fourth-order valence-electron chi connectivity index (χ4n) is 2.73. The summed E-state index contributed by atoms with van der Waals surface area (Å²) in [6.07, 6.45) is 6.47. The van der Waals surface area contributed by atoms with Gasteiger partial charge in [-0.2, -0.15) is 0 Å². The first-order chi connectivity index (χ1) is 10.8. The van der Waals surface area contributed by atoms with Gasteiger partial charge in [-0.3, -0.25) is 15.2 Å². The van der Waals surface area contributed by atoms with Gasteiger partial charge in [-0.1, -0.05) is 18.2 Å². The van der Waals surface area contributed by atoms with Crippen molar-refractivity contribution in [2.45, 2.75) is 6.04 Å². The van der Waals surface area contributed by atoms with Gasteiger partial charge in [0.15, 0.2) is 0 Å². The van der Waals surface area contributed by atoms with Crippen LogP contribution in [0.4, 0.5) is 0 Å². The van der Waals surface area contributed by atoms with E-state index in [1.165, 1.54) is 18.6 Å². The molecule has 0 spiro atoms. The van der Waals surface area contributed by atoms with E-state index in [1.54, 1.807) is 0 Å². The van der Waals surface area contributed by atoms with E-state index < -0.39 is 0 Å². The first-order valence-corrected chi connectivity index (χ1v) is 6.93. The molecule has 22 heavy (non-hydrogen) atoms. The van der Waals surface area contributed by atoms with Crippen molar-refractivity contribution in [3.63, 3.8) is 0 Å². The molecule has 3 heterocycles. The van der Waals surface area contributed by atoms with Crippen molar-refractivity contribution < 1.29 is 4.79 Å². The number of para-hydroxylation sites is 1. The molecule has 0 bridgehead atoms. The fourth-order valence-corrected chi connectivity index (χ4v) is 2.73. The molecule has 0 saturated heterocycles. The van der Waals surface area contributed by atoms with Crippen molar-refractivity contribution in [3.05, 3.63) is 78.1 Å². The molecule has 4 rings (SSSR count). The van der Waals surface area contributed by atoms with Gasteiger partial charge in [0.05, 0.1) is 17.9 Å². The van der Waals surface area contributed by atoms with E-state index in [1.807, 2.05) is 30.5 Å². The molecule has 1 aromatic carbocycles. The molecule has 1 aliphatic heterocycles. The van der Waals surface area contributed by atoms with Crippen molar-refractivity contribution in [1.82, 2.24) is 25.4 Å². The summed E-state index contributed by atoms with van der Waals surface area (Å²) < 4.78 is 2.11. The van der Waals surface area contributed by atoms with Gasteiger partial charge in [0.1, 0.15) is 5.69 Å². The molecule has 6 nitrogen and oxygen atoms in total. The zero-order valence-corrected chi connectivity index (χ0v) is 11.6. The van der Waals surface area contributed by atoms with Crippen LogP contribution in [0.5, 0.6) is 0 Å². The molecular formula is C16H13N5O. The molecule has 6 heteroatoms. The Morgan fingerprint density at radius 3 is 2.91 bits per heavy atom. The summed E-state index contributed by atoms with van der Waals surface area (Å²) in [5.74, 6) is -0.310. The normalized spacial score (nSPS) is 15.2. The second-order valence-electron chi connectivity index (χ2n) is 4.98. The molecule has 108 valence electrons. The topological polar surface area (TPSA) is 71.8 Å². The lowest BCUT2D eigenvalue weighted by Gasteiger charge is -2.14. The standard InChI is InChI=1S/C16H13N5O/c22-16(12-10-17-7-8-18-12)20-19-15-11-4-1-2-5-13(11)21-9-3-6-14(15)21/h1-10,15,19H,(H,20,22). The van der Waals surface area contributed by atoms with E-state index in [2.05, 4.69) is 37.5 Å². The lowest BCUT2D eigenvalue weighted by Crippen LogP contribution is -2.40. The number of carbonyl (C=O) groups excluding carboxylic acids is 1. The summed E-state index contributed by atoms with van der Waals surface area (Å²) in [6.45, 7) is 0. The van der Waals surface area contributed by atoms with Crippen LogP contribution in [0.25, 0.3) is 5.69 Å². The molecule has 0 fully saturated rings. The Bertz CT molecular complexity index is 827. The van der Waals surface area contributed by atoms with E-state index in [4.69, 9.17) is 0 Å². The van der Waals surface area contributed by atoms with Crippen molar-refractivity contribution in [2.24, 2.45) is 0 Å². The second-order valence-corrected chi connectivity index (χ2v) is 4.98. The SMILES string of the molecule is O=C(NNC1c2ccccc2-n2cccc21)c1cnccn1. The van der Waals surface area contributed by atoms with Gasteiger partial charge in [0, 0.05) is 29.8 Å². The number of hydrogen-bond donors (Lipinski definition) is 2. The van der Waals surface area contributed by atoms with Crippen molar-refractivity contribution in [2.75, 3.05) is 0 Å². The van der Waals surface area contributed by atoms with Crippen LogP contribution in [0.2, 0.25) is 0 Å². The highest BCUT2D eigenvalue weighted by Gasteiger charge is 2.28. The number of carbonyl (C=O) groups is 1. The number of fused-ring (bicyclic) bond motifs is 3. The number of nitrogens with zero attached hydrogens (tertiary/aromatic N) is 3. The maximum Gasteiger partial charge on any atom is 0.285 e. The Morgan fingerprint density at radius 1 is 1.14 bits per heavy atom. The molecule has 0 saturated carbocycles. The summed E-state index contributed by atoms with van der Waals surface area (Å²) in [5.41, 5.74) is 9.40. The number of rotatable bonds is 3. The van der Waals surface area contributed by atoms with E-state index in [0.29, 0.717) is 0 Å². The minimum Gasteiger partial charge on any atom is -0.319 e. The third kappa shape index (κ3) is 1.97. The molecule has 3 aromatic rings. The van der Waals surface area contributed by atoms with Crippen LogP contribution in [0.3, 0.4) is 0 Å². The van der Waals surface area contributed by atoms with E-state index in [0.717, 1.165) is 16.9 Å². The van der Waals surface area contributed by atoms with E-state index >= 15 is 0 Å². The molecule has 1 unspecified atom stereocenters. The van der Waals surface area contributed by atoms with Gasteiger partial charge < -0.3 is 4.57 Å². The van der Waals surface area contributed by atoms with Gasteiger partial charge in [0.2, 0.25) is 0 Å². The maximum atomic E-state index is 12.1. The van der Waals surface area contributed by atoms with Gasteiger partial charge >= 0.3 is 0 Å². The van der Waals surface area contributed by atoms with Crippen LogP contribution in [0, 0.1) is 0 Å². The van der Waals surface area contributed by atoms with Crippen LogP contribution in [0.1, 0.15) is 27.8 Å². The highest BCUT2D eigenvalue weighted by atomic mass is 16.2. The van der Waals surface area contributed by atoms with Crippen LogP contribution in [-0.2, 0) is 0 Å². The van der Waals surface area contributed by atoms with Crippen LogP contribution in [-0.4, -0.2) is 20.4 Å². The van der Waals surface area contributed by atoms with Gasteiger partial charge in [0.25, 0.3) is 5.91 Å². The first-order valence-electron chi connectivity index (χ1n) is 6.93. The first kappa shape index (κ1) is 12.7. The predicted molar refractivity (Wildman–Crippen MR) is 80.2 cm³/mol. The lowest BCUT2D eigenvalue weighted by molar-refractivity contribution is 0.0923. The van der Waals surface area contributed by atoms with Gasteiger partial charge in [-0.05, 0) is 18.2 Å². The minimum absolute atomic E-state index is 0.0909. The molecule has 2 aromatic heterocycles. The Hall–Kier alpha value is -2.99. The highest BCUT2D eigenvalue weighted by Crippen LogP contribution is 2.35. The third-order valence-corrected chi connectivity index (χ3v) is 3.71. The number of nitrogens with one attached hydrogen (secondary N) is 2. The van der Waals surface area contributed by atoms with Gasteiger partial charge in [-0.25, -0.2) is 10.4 Å². The van der Waals surface area contributed by atoms with Crippen molar-refractivity contribution >= 4 is 5.91 Å². The average Bonchev–Trinajstić information content (AvgIpc) is 3.15. The molecule has 1 aliphatic rings. The number of amides is 1. The summed E-state index contributed by atoms with van der Waals surface area (Å²) in [7, 11) is 0. The largest absolute Gasteiger partial charge is 0.319 e. The van der Waals surface area contributed by atoms with Gasteiger partial charge in [-0.15, -0.1) is 0 Å². The zero-order chi connectivity index (χ0) is 14.9. The van der Waals surface area contributed by atoms with Crippen molar-refractivity contribution in [3.8, 4) is 5.69 Å². The molecule has 0 radical (unpaired) electrons. The van der Waals surface area contributed by atoms with E-state index in [-0.39, 0.29) is 17.6 Å². The highest BCUT2D eigenvalue weighted by molar-refractivity contribution is 5.91. The Balaban J connectivity index is 1.58. The zero-order valence-electron chi connectivity index (χ0n) is 11.6. The summed E-state index contributed by atoms with van der Waals surface area (Å²) >= 11 is 0. The number of hydrazine groups is 1. The Kier molecular flexibility index (Phi) is 2.94. The predicted octanol–water partition coefficient (Wildman–Crippen LogP) is 1.60. The van der Waals surface area contributed by atoms with Crippen LogP contribution >= 0.6 is 0 Å². The van der Waals surface area contributed by atoms with E-state index in [9.17, 15) is 4.79 Å². The quantitative estimate of drug-likeness (QED) is 0.719. The monoisotopic (exact) mass is 291 g/mol. The smallest absolute Gasteiger partial charge is 0.285 e. The second kappa shape index (κ2) is 5.09. The average molecular weight is 291 g/mol. The van der Waals surface area contributed by atoms with Crippen molar-refractivity contribution in [1.29, 1.82) is 0 Å².